The molecule has 9 heteroatoms. The minimum Gasteiger partial charge on any atom is -0.487 e. The Labute approximate surface area is 210 Å². The third kappa shape index (κ3) is 6.42. The molecule has 0 unspecified atom stereocenters. The molecule has 1 aromatic carbocycles. The van der Waals surface area contributed by atoms with Crippen LogP contribution in [0.5, 0.6) is 11.6 Å². The smallest absolute Gasteiger partial charge is 0.303 e. The number of pyridine rings is 1. The molecule has 35 heavy (non-hydrogen) atoms. The first-order valence-corrected chi connectivity index (χ1v) is 11.1. The highest BCUT2D eigenvalue weighted by molar-refractivity contribution is 7.59. The third-order valence-electron chi connectivity index (χ3n) is 5.77. The Morgan fingerprint density at radius 1 is 1.31 bits per heavy atom. The number of halogens is 1. The number of ether oxygens (including phenoxy) is 2. The number of carbonyl (C=O) groups is 1. The van der Waals surface area contributed by atoms with Crippen LogP contribution in [0.25, 0.3) is 17.4 Å². The van der Waals surface area contributed by atoms with Gasteiger partial charge in [0.15, 0.2) is 11.6 Å². The van der Waals surface area contributed by atoms with E-state index >= 15 is 0 Å². The van der Waals surface area contributed by atoms with Gasteiger partial charge >= 0.3 is 5.97 Å². The van der Waals surface area contributed by atoms with Crippen molar-refractivity contribution in [2.24, 2.45) is 5.92 Å². The lowest BCUT2D eigenvalue weighted by Gasteiger charge is -2.15. The standard InChI is InChI=1S/C26H27FN2O5.H2S/c1-15(2)9-21-23(29-34-26(21)20-11-24(32-3)28-13-22(20)27)14-33-18-6-4-5-17(10-18)19(12-25(30)31)16-7-8-16;/h4-6,9-11,13,16,19H,7-8,12,14H2,1-3H3,(H,30,31);1H2/t19-;/m0./s1. The number of hydrogen-bond acceptors (Lipinski definition) is 6. The third-order valence-corrected chi connectivity index (χ3v) is 5.77. The molecule has 3 aromatic rings. The lowest BCUT2D eigenvalue weighted by molar-refractivity contribution is -0.137. The maximum atomic E-state index is 14.6. The van der Waals surface area contributed by atoms with Gasteiger partial charge in [0.05, 0.1) is 25.3 Å². The van der Waals surface area contributed by atoms with E-state index in [1.54, 1.807) is 0 Å². The zero-order valence-electron chi connectivity index (χ0n) is 19.9. The van der Waals surface area contributed by atoms with Gasteiger partial charge < -0.3 is 19.1 Å². The molecule has 0 spiro atoms. The van der Waals surface area contributed by atoms with E-state index in [9.17, 15) is 14.3 Å². The van der Waals surface area contributed by atoms with Crippen LogP contribution in [0.15, 0.2) is 46.6 Å². The molecule has 1 aliphatic carbocycles. The minimum atomic E-state index is -0.801. The summed E-state index contributed by atoms with van der Waals surface area (Å²) < 4.78 is 31.2. The summed E-state index contributed by atoms with van der Waals surface area (Å²) in [5.74, 6) is 0.165. The predicted octanol–water partition coefficient (Wildman–Crippen LogP) is 5.97. The first-order valence-electron chi connectivity index (χ1n) is 11.1. The highest BCUT2D eigenvalue weighted by Gasteiger charge is 2.33. The molecule has 0 bridgehead atoms. The fourth-order valence-corrected chi connectivity index (χ4v) is 4.00. The quantitative estimate of drug-likeness (QED) is 0.367. The zero-order valence-corrected chi connectivity index (χ0v) is 20.9. The molecule has 0 aliphatic heterocycles. The number of carboxylic acid groups (broad SMARTS) is 1. The van der Waals surface area contributed by atoms with Gasteiger partial charge in [0.25, 0.3) is 0 Å². The van der Waals surface area contributed by atoms with Crippen LogP contribution in [-0.4, -0.2) is 28.3 Å². The van der Waals surface area contributed by atoms with Gasteiger partial charge in [-0.15, -0.1) is 0 Å². The fourth-order valence-electron chi connectivity index (χ4n) is 4.00. The van der Waals surface area contributed by atoms with Gasteiger partial charge in [-0.25, -0.2) is 9.37 Å². The van der Waals surface area contributed by atoms with Crippen LogP contribution in [0.2, 0.25) is 0 Å². The molecule has 1 N–H and O–H groups in total. The van der Waals surface area contributed by atoms with E-state index in [1.165, 1.54) is 13.2 Å². The van der Waals surface area contributed by atoms with Gasteiger partial charge in [-0.05, 0) is 56.2 Å². The Bertz CT molecular complexity index is 1220. The van der Waals surface area contributed by atoms with E-state index in [0.29, 0.717) is 22.9 Å². The van der Waals surface area contributed by atoms with Gasteiger partial charge in [-0.3, -0.25) is 4.79 Å². The topological polar surface area (TPSA) is 94.7 Å². The molecule has 0 amide bonds. The highest BCUT2D eigenvalue weighted by Crippen LogP contribution is 2.45. The van der Waals surface area contributed by atoms with Crippen LogP contribution in [0.1, 0.15) is 55.8 Å². The largest absolute Gasteiger partial charge is 0.487 e. The normalized spacial score (nSPS) is 13.5. The molecule has 0 saturated heterocycles. The summed E-state index contributed by atoms with van der Waals surface area (Å²) in [5.41, 5.74) is 3.26. The average Bonchev–Trinajstić information content (AvgIpc) is 3.58. The number of nitrogens with zero attached hydrogens (tertiary/aromatic N) is 2. The van der Waals surface area contributed by atoms with E-state index in [1.807, 2.05) is 44.2 Å². The second-order valence-electron chi connectivity index (χ2n) is 8.70. The van der Waals surface area contributed by atoms with Crippen LogP contribution >= 0.6 is 13.5 Å². The van der Waals surface area contributed by atoms with Gasteiger partial charge in [0.2, 0.25) is 5.88 Å². The highest BCUT2D eigenvalue weighted by atomic mass is 32.1. The summed E-state index contributed by atoms with van der Waals surface area (Å²) in [4.78, 5) is 15.2. The molecule has 2 heterocycles. The van der Waals surface area contributed by atoms with Crippen molar-refractivity contribution in [1.29, 1.82) is 0 Å². The first kappa shape index (κ1) is 26.3. The number of aliphatic carboxylic acids is 1. The van der Waals surface area contributed by atoms with E-state index in [2.05, 4.69) is 10.1 Å². The molecular formula is C26H29FN2O5S. The molecule has 0 radical (unpaired) electrons. The summed E-state index contributed by atoms with van der Waals surface area (Å²) >= 11 is 0. The summed E-state index contributed by atoms with van der Waals surface area (Å²) in [7, 11) is 1.46. The minimum absolute atomic E-state index is 0. The number of methoxy groups -OCH3 is 1. The number of rotatable bonds is 10. The van der Waals surface area contributed by atoms with E-state index in [0.717, 1.165) is 30.2 Å². The van der Waals surface area contributed by atoms with Crippen LogP contribution in [0, 0.1) is 11.7 Å². The Morgan fingerprint density at radius 3 is 2.74 bits per heavy atom. The van der Waals surface area contributed by atoms with Crippen molar-refractivity contribution in [2.45, 2.75) is 45.6 Å². The molecule has 4 rings (SSSR count). The number of benzene rings is 1. The SMILES string of the molecule is COc1cc(-c2onc(COc3cccc([C@@H](CC(=O)O)C4CC4)c3)c2C=C(C)C)c(F)cn1.S. The molecule has 1 fully saturated rings. The average molecular weight is 501 g/mol. The van der Waals surface area contributed by atoms with Crippen molar-refractivity contribution in [3.05, 3.63) is 64.7 Å². The van der Waals surface area contributed by atoms with Crippen LogP contribution < -0.4 is 9.47 Å². The Balaban J connectivity index is 0.00000342. The Hall–Kier alpha value is -3.33. The summed E-state index contributed by atoms with van der Waals surface area (Å²) in [5, 5.41) is 13.4. The molecule has 7 nitrogen and oxygen atoms in total. The summed E-state index contributed by atoms with van der Waals surface area (Å²) in [6, 6.07) is 8.99. The van der Waals surface area contributed by atoms with E-state index in [4.69, 9.17) is 14.0 Å². The summed E-state index contributed by atoms with van der Waals surface area (Å²) in [6.07, 6.45) is 5.15. The molecular weight excluding hydrogens is 471 g/mol. The lowest BCUT2D eigenvalue weighted by atomic mass is 9.91. The van der Waals surface area contributed by atoms with Crippen LogP contribution in [0.3, 0.4) is 0 Å². The maximum Gasteiger partial charge on any atom is 0.303 e. The Kier molecular flexibility index (Phi) is 8.56. The van der Waals surface area contributed by atoms with E-state index < -0.39 is 11.8 Å². The van der Waals surface area contributed by atoms with Crippen LogP contribution in [0.4, 0.5) is 4.39 Å². The van der Waals surface area contributed by atoms with Crippen molar-refractivity contribution in [2.75, 3.05) is 7.11 Å². The number of carboxylic acids is 1. The van der Waals surface area contributed by atoms with Crippen molar-refractivity contribution in [3.63, 3.8) is 0 Å². The number of allylic oxidation sites excluding steroid dienone is 1. The molecule has 1 atom stereocenters. The van der Waals surface area contributed by atoms with Gasteiger partial charge in [0.1, 0.15) is 18.1 Å². The second-order valence-corrected chi connectivity index (χ2v) is 8.70. The second kappa shape index (κ2) is 11.4. The number of hydrogen-bond donors (Lipinski definition) is 1. The summed E-state index contributed by atoms with van der Waals surface area (Å²) in [6.45, 7) is 3.95. The first-order chi connectivity index (χ1) is 16.4. The molecule has 186 valence electrons. The van der Waals surface area contributed by atoms with Crippen molar-refractivity contribution in [3.8, 4) is 23.0 Å². The van der Waals surface area contributed by atoms with Crippen LogP contribution in [-0.2, 0) is 11.4 Å². The van der Waals surface area contributed by atoms with Gasteiger partial charge in [-0.2, -0.15) is 13.5 Å². The van der Waals surface area contributed by atoms with Crippen molar-refractivity contribution in [1.82, 2.24) is 10.1 Å². The lowest BCUT2D eigenvalue weighted by Crippen LogP contribution is -2.08. The van der Waals surface area contributed by atoms with E-state index in [-0.39, 0.29) is 49.6 Å². The predicted molar refractivity (Wildman–Crippen MR) is 134 cm³/mol. The zero-order chi connectivity index (χ0) is 24.2. The molecule has 1 saturated carbocycles. The molecule has 2 aromatic heterocycles. The number of aromatic nitrogens is 2. The van der Waals surface area contributed by atoms with Crippen molar-refractivity contribution >= 4 is 25.5 Å². The Morgan fingerprint density at radius 2 is 2.09 bits per heavy atom. The maximum absolute atomic E-state index is 14.6. The van der Waals surface area contributed by atoms with Crippen molar-refractivity contribution < 1.29 is 28.3 Å². The van der Waals surface area contributed by atoms with Gasteiger partial charge in [0, 0.05) is 11.6 Å². The molecule has 1 aliphatic rings. The fraction of sp³-hybridized carbons (Fsp3) is 0.346. The van der Waals surface area contributed by atoms with Gasteiger partial charge in [-0.1, -0.05) is 28.9 Å². The monoisotopic (exact) mass is 500 g/mol.